The van der Waals surface area contributed by atoms with Crippen LogP contribution in [0.15, 0.2) is 66.3 Å². The fraction of sp³-hybridized carbons (Fsp3) is 0.308. The topological polar surface area (TPSA) is 88.4 Å². The van der Waals surface area contributed by atoms with E-state index in [1.165, 1.54) is 32.4 Å². The van der Waals surface area contributed by atoms with Crippen LogP contribution in [0.2, 0.25) is 0 Å². The Kier molecular flexibility index (Phi) is 7.53. The Balaban J connectivity index is 2.08. The Labute approximate surface area is 192 Å². The maximum Gasteiger partial charge on any atom is 0.200 e. The Morgan fingerprint density at radius 1 is 1.18 bits per heavy atom. The summed E-state index contributed by atoms with van der Waals surface area (Å²) >= 11 is 0. The zero-order valence-electron chi connectivity index (χ0n) is 19.0. The highest BCUT2D eigenvalue weighted by molar-refractivity contribution is 5.55. The second kappa shape index (κ2) is 10.3. The van der Waals surface area contributed by atoms with Crippen molar-refractivity contribution in [3.63, 3.8) is 0 Å². The van der Waals surface area contributed by atoms with Crippen LogP contribution < -0.4 is 4.74 Å². The van der Waals surface area contributed by atoms with Gasteiger partial charge in [-0.1, -0.05) is 25.6 Å². The lowest BCUT2D eigenvalue weighted by Gasteiger charge is -2.35. The van der Waals surface area contributed by atoms with Gasteiger partial charge in [-0.15, -0.1) is 0 Å². The molecule has 7 heteroatoms. The number of benzene rings is 2. The van der Waals surface area contributed by atoms with Crippen LogP contribution >= 0.6 is 0 Å². The van der Waals surface area contributed by atoms with Crippen LogP contribution in [0.1, 0.15) is 36.0 Å². The number of ether oxygens (including phenoxy) is 3. The molecule has 1 heterocycles. The number of phenolic OH excluding ortho intramolecular Hbond substituents is 2. The van der Waals surface area contributed by atoms with Crippen molar-refractivity contribution in [3.05, 3.63) is 88.8 Å². The number of fused-ring (bicyclic) bond motifs is 1. The molecule has 2 aromatic carbocycles. The van der Waals surface area contributed by atoms with Crippen molar-refractivity contribution in [2.24, 2.45) is 5.92 Å². The van der Waals surface area contributed by atoms with Crippen molar-refractivity contribution < 1.29 is 33.9 Å². The van der Waals surface area contributed by atoms with E-state index in [2.05, 4.69) is 6.58 Å². The molecule has 6 nitrogen and oxygen atoms in total. The van der Waals surface area contributed by atoms with Gasteiger partial charge in [-0.05, 0) is 48.8 Å². The van der Waals surface area contributed by atoms with E-state index in [4.69, 9.17) is 14.2 Å². The van der Waals surface area contributed by atoms with E-state index in [1.807, 2.05) is 6.92 Å². The second-order valence-corrected chi connectivity index (χ2v) is 7.72. The van der Waals surface area contributed by atoms with Crippen molar-refractivity contribution in [1.82, 2.24) is 0 Å². The zero-order valence-corrected chi connectivity index (χ0v) is 19.0. The lowest BCUT2D eigenvalue weighted by atomic mass is 9.76. The van der Waals surface area contributed by atoms with Crippen molar-refractivity contribution >= 4 is 0 Å². The molecule has 3 rings (SSSR count). The molecule has 0 saturated heterocycles. The van der Waals surface area contributed by atoms with E-state index in [1.54, 1.807) is 24.3 Å². The average Bonchev–Trinajstić information content (AvgIpc) is 2.81. The van der Waals surface area contributed by atoms with E-state index in [-0.39, 0.29) is 34.9 Å². The molecular weight excluding hydrogens is 427 g/mol. The number of aliphatic hydroxyl groups excluding tert-OH is 1. The van der Waals surface area contributed by atoms with Crippen LogP contribution in [0.3, 0.4) is 0 Å². The molecule has 0 aromatic heterocycles. The minimum absolute atomic E-state index is 0.150. The van der Waals surface area contributed by atoms with Crippen molar-refractivity contribution in [1.29, 1.82) is 0 Å². The summed E-state index contributed by atoms with van der Waals surface area (Å²) in [7, 11) is 2.86. The number of aliphatic hydroxyl groups is 1. The summed E-state index contributed by atoms with van der Waals surface area (Å²) in [6.07, 6.45) is 4.10. The van der Waals surface area contributed by atoms with Crippen LogP contribution in [-0.2, 0) is 15.9 Å². The second-order valence-electron chi connectivity index (χ2n) is 7.72. The van der Waals surface area contributed by atoms with Gasteiger partial charge in [-0.3, -0.25) is 0 Å². The van der Waals surface area contributed by atoms with E-state index < -0.39 is 11.6 Å². The minimum atomic E-state index is -0.710. The summed E-state index contributed by atoms with van der Waals surface area (Å²) in [4.78, 5) is 0. The number of rotatable bonds is 8. The summed E-state index contributed by atoms with van der Waals surface area (Å²) < 4.78 is 30.8. The number of methoxy groups -OCH3 is 2. The van der Waals surface area contributed by atoms with Gasteiger partial charge in [0.15, 0.2) is 28.8 Å². The summed E-state index contributed by atoms with van der Waals surface area (Å²) in [6, 6.07) is 7.73. The van der Waals surface area contributed by atoms with Gasteiger partial charge in [0.2, 0.25) is 0 Å². The highest BCUT2D eigenvalue weighted by atomic mass is 19.1. The molecule has 0 radical (unpaired) electrons. The summed E-state index contributed by atoms with van der Waals surface area (Å²) in [5.41, 5.74) is 2.19. The molecule has 2 atom stereocenters. The fourth-order valence-electron chi connectivity index (χ4n) is 4.24. The maximum atomic E-state index is 14.3. The van der Waals surface area contributed by atoms with Crippen LogP contribution in [-0.4, -0.2) is 36.1 Å². The van der Waals surface area contributed by atoms with Gasteiger partial charge in [0.25, 0.3) is 0 Å². The van der Waals surface area contributed by atoms with Crippen molar-refractivity contribution in [2.45, 2.75) is 25.7 Å². The Morgan fingerprint density at radius 3 is 2.52 bits per heavy atom. The first-order valence-electron chi connectivity index (χ1n) is 10.7. The Bertz CT molecular complexity index is 1090. The molecular formula is C26H29FO6. The largest absolute Gasteiger partial charge is 0.508 e. The normalized spacial score (nSPS) is 18.6. The third-order valence-corrected chi connectivity index (χ3v) is 5.90. The molecule has 1 aliphatic rings. The number of hydrogen-bond donors (Lipinski definition) is 3. The first-order valence-corrected chi connectivity index (χ1v) is 10.7. The molecule has 0 aliphatic carbocycles. The molecule has 2 unspecified atom stereocenters. The van der Waals surface area contributed by atoms with Crippen LogP contribution in [0.5, 0.6) is 17.2 Å². The van der Waals surface area contributed by atoms with Gasteiger partial charge in [-0.2, -0.15) is 0 Å². The lowest BCUT2D eigenvalue weighted by Crippen LogP contribution is -2.27. The molecule has 0 amide bonds. The molecule has 33 heavy (non-hydrogen) atoms. The summed E-state index contributed by atoms with van der Waals surface area (Å²) in [5.74, 6) is -0.606. The SMILES string of the molecule is C=C/C(OC)=C(O)\C(=C/CC1COc2c(ccc(O)c2CC)C1c1ccc(O)c(F)c1)OC. The predicted molar refractivity (Wildman–Crippen MR) is 123 cm³/mol. The highest BCUT2D eigenvalue weighted by Crippen LogP contribution is 2.47. The van der Waals surface area contributed by atoms with Gasteiger partial charge in [0.05, 0.1) is 20.8 Å². The van der Waals surface area contributed by atoms with Gasteiger partial charge < -0.3 is 29.5 Å². The van der Waals surface area contributed by atoms with Crippen LogP contribution in [0.4, 0.5) is 4.39 Å². The van der Waals surface area contributed by atoms with E-state index in [0.29, 0.717) is 36.3 Å². The number of aromatic hydroxyl groups is 2. The first kappa shape index (κ1) is 24.0. The average molecular weight is 457 g/mol. The molecule has 3 N–H and O–H groups in total. The Hall–Kier alpha value is -3.61. The standard InChI is InChI=1S/C26H29FO6/c1-5-17-20(28)11-9-18-24(15-7-10-21(29)19(27)13-15)16(14-33-26(17)18)8-12-23(32-4)25(30)22(6-2)31-3/h6-7,9-13,16,24,28-30H,2,5,8,14H2,1,3-4H3/b23-12+,25-22-. The number of allylic oxidation sites excluding steroid dienone is 2. The smallest absolute Gasteiger partial charge is 0.200 e. The van der Waals surface area contributed by atoms with Gasteiger partial charge in [-0.25, -0.2) is 4.39 Å². The van der Waals surface area contributed by atoms with Gasteiger partial charge in [0.1, 0.15) is 11.5 Å². The quantitative estimate of drug-likeness (QED) is 0.361. The lowest BCUT2D eigenvalue weighted by molar-refractivity contribution is 0.198. The Morgan fingerprint density at radius 2 is 1.91 bits per heavy atom. The maximum absolute atomic E-state index is 14.3. The van der Waals surface area contributed by atoms with E-state index in [9.17, 15) is 19.7 Å². The summed E-state index contributed by atoms with van der Waals surface area (Å²) in [5, 5.41) is 30.4. The summed E-state index contributed by atoms with van der Waals surface area (Å²) in [6.45, 7) is 5.84. The van der Waals surface area contributed by atoms with E-state index >= 15 is 0 Å². The number of phenols is 2. The van der Waals surface area contributed by atoms with Gasteiger partial charge >= 0.3 is 0 Å². The minimum Gasteiger partial charge on any atom is -0.508 e. The van der Waals surface area contributed by atoms with Crippen LogP contribution in [0, 0.1) is 11.7 Å². The van der Waals surface area contributed by atoms with Crippen molar-refractivity contribution in [3.8, 4) is 17.2 Å². The monoisotopic (exact) mass is 456 g/mol. The number of hydrogen-bond acceptors (Lipinski definition) is 6. The fourth-order valence-corrected chi connectivity index (χ4v) is 4.24. The van der Waals surface area contributed by atoms with E-state index in [0.717, 1.165) is 5.56 Å². The molecule has 1 aliphatic heterocycles. The number of halogens is 1. The molecule has 2 aromatic rings. The predicted octanol–water partition coefficient (Wildman–Crippen LogP) is 5.46. The zero-order chi connectivity index (χ0) is 24.1. The molecule has 176 valence electrons. The van der Waals surface area contributed by atoms with Crippen molar-refractivity contribution in [2.75, 3.05) is 20.8 Å². The molecule has 0 spiro atoms. The molecule has 0 fully saturated rings. The third kappa shape index (κ3) is 4.77. The first-order chi connectivity index (χ1) is 15.9. The third-order valence-electron chi connectivity index (χ3n) is 5.90. The molecule has 0 saturated carbocycles. The van der Waals surface area contributed by atoms with Gasteiger partial charge in [0, 0.05) is 23.0 Å². The van der Waals surface area contributed by atoms with Crippen LogP contribution in [0.25, 0.3) is 0 Å². The molecule has 0 bridgehead atoms. The highest BCUT2D eigenvalue weighted by Gasteiger charge is 2.34.